The zero-order valence-corrected chi connectivity index (χ0v) is 14.8. The normalized spacial score (nSPS) is 16.4. The van der Waals surface area contributed by atoms with E-state index in [1.807, 2.05) is 25.3 Å². The molecule has 0 bridgehead atoms. The number of rotatable bonds is 5. The quantitative estimate of drug-likeness (QED) is 0.897. The third-order valence-electron chi connectivity index (χ3n) is 4.31. The van der Waals surface area contributed by atoms with Crippen LogP contribution < -0.4 is 15.2 Å². The van der Waals surface area contributed by atoms with Gasteiger partial charge < -0.3 is 15.2 Å². The van der Waals surface area contributed by atoms with Crippen LogP contribution in [-0.4, -0.2) is 17.6 Å². The molecule has 0 spiro atoms. The molecule has 1 aliphatic heterocycles. The molecular formula is C20H23N3O2. The first-order chi connectivity index (χ1) is 12.0. The Morgan fingerprint density at radius 2 is 2.16 bits per heavy atom. The Morgan fingerprint density at radius 1 is 1.36 bits per heavy atom. The predicted molar refractivity (Wildman–Crippen MR) is 96.4 cm³/mol. The molecule has 1 aromatic heterocycles. The molecule has 130 valence electrons. The lowest BCUT2D eigenvalue weighted by atomic mass is 9.93. The van der Waals surface area contributed by atoms with Crippen molar-refractivity contribution in [2.45, 2.75) is 39.3 Å². The summed E-state index contributed by atoms with van der Waals surface area (Å²) >= 11 is 0. The fourth-order valence-electron chi connectivity index (χ4n) is 3.18. The van der Waals surface area contributed by atoms with E-state index in [9.17, 15) is 5.26 Å². The van der Waals surface area contributed by atoms with Gasteiger partial charge in [-0.2, -0.15) is 5.26 Å². The number of benzene rings is 1. The van der Waals surface area contributed by atoms with Gasteiger partial charge in [0.25, 0.3) is 0 Å². The first-order valence-electron chi connectivity index (χ1n) is 8.57. The third kappa shape index (κ3) is 3.59. The molecule has 2 heterocycles. The molecule has 0 fully saturated rings. The summed E-state index contributed by atoms with van der Waals surface area (Å²) in [5, 5.41) is 9.52. The number of hydrogen-bond acceptors (Lipinski definition) is 5. The van der Waals surface area contributed by atoms with Gasteiger partial charge in [0.1, 0.15) is 30.3 Å². The van der Waals surface area contributed by atoms with Crippen molar-refractivity contribution >= 4 is 0 Å². The fourth-order valence-corrected chi connectivity index (χ4v) is 3.18. The van der Waals surface area contributed by atoms with E-state index in [0.29, 0.717) is 23.8 Å². The lowest BCUT2D eigenvalue weighted by Crippen LogP contribution is -2.29. The Labute approximate surface area is 148 Å². The largest absolute Gasteiger partial charge is 0.490 e. The van der Waals surface area contributed by atoms with E-state index < -0.39 is 0 Å². The van der Waals surface area contributed by atoms with Crippen molar-refractivity contribution in [3.8, 4) is 28.7 Å². The van der Waals surface area contributed by atoms with Crippen LogP contribution in [0.25, 0.3) is 11.1 Å². The van der Waals surface area contributed by atoms with Crippen LogP contribution >= 0.6 is 0 Å². The number of nitrogens with zero attached hydrogens (tertiary/aromatic N) is 2. The predicted octanol–water partition coefficient (Wildman–Crippen LogP) is 3.83. The second kappa shape index (κ2) is 7.12. The average Bonchev–Trinajstić information content (AvgIpc) is 2.59. The number of hydrogen-bond donors (Lipinski definition) is 1. The van der Waals surface area contributed by atoms with Gasteiger partial charge in [-0.1, -0.05) is 13.8 Å². The molecule has 0 radical (unpaired) electrons. The summed E-state index contributed by atoms with van der Waals surface area (Å²) in [6.07, 6.45) is 4.34. The van der Waals surface area contributed by atoms with Gasteiger partial charge in [0.05, 0.1) is 5.56 Å². The van der Waals surface area contributed by atoms with Crippen LogP contribution in [-0.2, 0) is 0 Å². The van der Waals surface area contributed by atoms with E-state index in [4.69, 9.17) is 15.2 Å². The van der Waals surface area contributed by atoms with Crippen molar-refractivity contribution in [2.24, 2.45) is 11.7 Å². The van der Waals surface area contributed by atoms with E-state index in [1.165, 1.54) is 0 Å². The molecule has 3 rings (SSSR count). The molecule has 0 amide bonds. The lowest BCUT2D eigenvalue weighted by molar-refractivity contribution is 0.219. The second-order valence-corrected chi connectivity index (χ2v) is 6.88. The van der Waals surface area contributed by atoms with Gasteiger partial charge in [-0.05, 0) is 37.0 Å². The molecule has 2 unspecified atom stereocenters. The Balaban J connectivity index is 1.91. The van der Waals surface area contributed by atoms with E-state index >= 15 is 0 Å². The summed E-state index contributed by atoms with van der Waals surface area (Å²) in [7, 11) is 0. The van der Waals surface area contributed by atoms with E-state index in [2.05, 4.69) is 24.9 Å². The van der Waals surface area contributed by atoms with Crippen LogP contribution in [0.2, 0.25) is 0 Å². The Morgan fingerprint density at radius 3 is 2.88 bits per heavy atom. The minimum Gasteiger partial charge on any atom is -0.490 e. The minimum atomic E-state index is -0.0971. The SMILES string of the molecule is CC(C)CC(N)COc1cc2c(cc1C#N)-c1ccncc1C(C)O2. The summed E-state index contributed by atoms with van der Waals surface area (Å²) in [6.45, 7) is 6.62. The van der Waals surface area contributed by atoms with Gasteiger partial charge in [-0.3, -0.25) is 4.98 Å². The van der Waals surface area contributed by atoms with Crippen LogP contribution in [0.15, 0.2) is 30.6 Å². The first kappa shape index (κ1) is 17.2. The molecular weight excluding hydrogens is 314 g/mol. The number of nitrogens with two attached hydrogens (primary N) is 1. The van der Waals surface area contributed by atoms with Crippen molar-refractivity contribution in [3.63, 3.8) is 0 Å². The summed E-state index contributed by atoms with van der Waals surface area (Å²) in [5.74, 6) is 1.75. The molecule has 2 atom stereocenters. The van der Waals surface area contributed by atoms with Crippen LogP contribution in [0.5, 0.6) is 11.5 Å². The molecule has 5 nitrogen and oxygen atoms in total. The van der Waals surface area contributed by atoms with Crippen molar-refractivity contribution in [1.82, 2.24) is 4.98 Å². The lowest BCUT2D eigenvalue weighted by Gasteiger charge is -2.27. The van der Waals surface area contributed by atoms with Gasteiger partial charge in [0.2, 0.25) is 0 Å². The smallest absolute Gasteiger partial charge is 0.140 e. The van der Waals surface area contributed by atoms with Gasteiger partial charge in [-0.15, -0.1) is 0 Å². The summed E-state index contributed by atoms with van der Waals surface area (Å²) in [6, 6.07) is 7.73. The maximum atomic E-state index is 9.52. The highest BCUT2D eigenvalue weighted by Gasteiger charge is 2.25. The zero-order valence-electron chi connectivity index (χ0n) is 14.8. The fraction of sp³-hybridized carbons (Fsp3) is 0.400. The van der Waals surface area contributed by atoms with Crippen LogP contribution in [0.4, 0.5) is 0 Å². The second-order valence-electron chi connectivity index (χ2n) is 6.88. The summed E-state index contributed by atoms with van der Waals surface area (Å²) in [5.41, 5.74) is 9.53. The number of pyridine rings is 1. The number of aromatic nitrogens is 1. The van der Waals surface area contributed by atoms with Crippen molar-refractivity contribution in [2.75, 3.05) is 6.61 Å². The number of nitriles is 1. The maximum Gasteiger partial charge on any atom is 0.140 e. The zero-order chi connectivity index (χ0) is 18.0. The van der Waals surface area contributed by atoms with Crippen molar-refractivity contribution < 1.29 is 9.47 Å². The molecule has 0 aliphatic carbocycles. The molecule has 1 aliphatic rings. The van der Waals surface area contributed by atoms with Crippen LogP contribution in [0.1, 0.15) is 44.4 Å². The third-order valence-corrected chi connectivity index (χ3v) is 4.31. The van der Waals surface area contributed by atoms with Crippen LogP contribution in [0.3, 0.4) is 0 Å². The van der Waals surface area contributed by atoms with Gasteiger partial charge in [0, 0.05) is 35.6 Å². The van der Waals surface area contributed by atoms with Gasteiger partial charge >= 0.3 is 0 Å². The Hall–Kier alpha value is -2.58. The number of ether oxygens (including phenoxy) is 2. The molecule has 5 heteroatoms. The Kier molecular flexibility index (Phi) is 4.91. The van der Waals surface area contributed by atoms with E-state index in [-0.39, 0.29) is 12.1 Å². The molecule has 1 aromatic carbocycles. The van der Waals surface area contributed by atoms with Crippen LogP contribution in [0, 0.1) is 17.2 Å². The molecule has 0 saturated heterocycles. The maximum absolute atomic E-state index is 9.52. The highest BCUT2D eigenvalue weighted by Crippen LogP contribution is 2.44. The summed E-state index contributed by atoms with van der Waals surface area (Å²) in [4.78, 5) is 4.17. The first-order valence-corrected chi connectivity index (χ1v) is 8.57. The minimum absolute atomic E-state index is 0.0609. The highest BCUT2D eigenvalue weighted by molar-refractivity contribution is 5.78. The van der Waals surface area contributed by atoms with Crippen molar-refractivity contribution in [3.05, 3.63) is 41.7 Å². The van der Waals surface area contributed by atoms with E-state index in [0.717, 1.165) is 28.9 Å². The standard InChI is InChI=1S/C20H23N3O2/c1-12(2)6-15(22)11-24-19-8-20-17(7-14(19)9-21)16-4-5-23-10-18(16)13(3)25-20/h4-5,7-8,10,12-13,15H,6,11,22H2,1-3H3. The topological polar surface area (TPSA) is 81.2 Å². The van der Waals surface area contributed by atoms with Gasteiger partial charge in [0.15, 0.2) is 0 Å². The molecule has 2 N–H and O–H groups in total. The number of fused-ring (bicyclic) bond motifs is 3. The molecule has 0 saturated carbocycles. The molecule has 25 heavy (non-hydrogen) atoms. The van der Waals surface area contributed by atoms with Gasteiger partial charge in [-0.25, -0.2) is 0 Å². The Bertz CT molecular complexity index is 811. The highest BCUT2D eigenvalue weighted by atomic mass is 16.5. The van der Waals surface area contributed by atoms with E-state index in [1.54, 1.807) is 12.3 Å². The monoisotopic (exact) mass is 337 g/mol. The summed E-state index contributed by atoms with van der Waals surface area (Å²) < 4.78 is 11.8. The van der Waals surface area contributed by atoms with Crippen molar-refractivity contribution in [1.29, 1.82) is 5.26 Å². The molecule has 2 aromatic rings. The average molecular weight is 337 g/mol.